The number of hydrogen-bond acceptors (Lipinski definition) is 6. The zero-order chi connectivity index (χ0) is 16.2. The highest BCUT2D eigenvalue weighted by Crippen LogP contribution is 2.28. The van der Waals surface area contributed by atoms with E-state index >= 15 is 0 Å². The summed E-state index contributed by atoms with van der Waals surface area (Å²) in [5.41, 5.74) is 3.33. The van der Waals surface area contributed by atoms with Crippen LogP contribution in [0.4, 0.5) is 5.69 Å². The van der Waals surface area contributed by atoms with Crippen LogP contribution in [0.5, 0.6) is 0 Å². The summed E-state index contributed by atoms with van der Waals surface area (Å²) in [7, 11) is 0. The van der Waals surface area contributed by atoms with Gasteiger partial charge in [-0.1, -0.05) is 12.1 Å². The molecule has 0 aliphatic heterocycles. The third-order valence-corrected chi connectivity index (χ3v) is 4.07. The standard InChI is InChI=1S/C16H12N4O2S/c1-11(15-9-17-5-6-18-15)7-13-10-23-16(19-13)12-3-2-4-14(8-12)20(21)22/h2-10H,1H3/b11-7+. The van der Waals surface area contributed by atoms with Crippen LogP contribution in [-0.4, -0.2) is 19.9 Å². The molecule has 0 aliphatic rings. The van der Waals surface area contributed by atoms with Crippen LogP contribution in [0.2, 0.25) is 0 Å². The minimum Gasteiger partial charge on any atom is -0.261 e. The number of aromatic nitrogens is 3. The number of nitrogens with zero attached hydrogens (tertiary/aromatic N) is 4. The van der Waals surface area contributed by atoms with E-state index in [9.17, 15) is 10.1 Å². The van der Waals surface area contributed by atoms with Gasteiger partial charge in [0.1, 0.15) is 5.01 Å². The Balaban J connectivity index is 1.89. The van der Waals surface area contributed by atoms with E-state index in [1.54, 1.807) is 24.7 Å². The van der Waals surface area contributed by atoms with Crippen molar-refractivity contribution in [1.29, 1.82) is 0 Å². The molecule has 0 spiro atoms. The van der Waals surface area contributed by atoms with Gasteiger partial charge in [0.05, 0.1) is 22.5 Å². The number of benzene rings is 1. The zero-order valence-corrected chi connectivity index (χ0v) is 13.0. The molecule has 1 aromatic carbocycles. The van der Waals surface area contributed by atoms with Crippen LogP contribution in [0.15, 0.2) is 48.2 Å². The Morgan fingerprint density at radius 2 is 2.22 bits per heavy atom. The summed E-state index contributed by atoms with van der Waals surface area (Å²) in [4.78, 5) is 23.3. The Hall–Kier alpha value is -2.93. The first kappa shape index (κ1) is 15.0. The Labute approximate surface area is 136 Å². The summed E-state index contributed by atoms with van der Waals surface area (Å²) in [6.07, 6.45) is 6.88. The van der Waals surface area contributed by atoms with Gasteiger partial charge in [-0.15, -0.1) is 11.3 Å². The van der Waals surface area contributed by atoms with Gasteiger partial charge >= 0.3 is 0 Å². The Kier molecular flexibility index (Phi) is 4.20. The van der Waals surface area contributed by atoms with E-state index in [1.807, 2.05) is 24.4 Å². The van der Waals surface area contributed by atoms with Gasteiger partial charge in [0, 0.05) is 35.5 Å². The van der Waals surface area contributed by atoms with Crippen molar-refractivity contribution in [2.45, 2.75) is 6.92 Å². The molecule has 6 nitrogen and oxygen atoms in total. The molecule has 23 heavy (non-hydrogen) atoms. The van der Waals surface area contributed by atoms with Gasteiger partial charge in [-0.3, -0.25) is 20.1 Å². The molecule has 0 saturated heterocycles. The maximum absolute atomic E-state index is 10.9. The molecule has 3 aromatic rings. The summed E-state index contributed by atoms with van der Waals surface area (Å²) < 4.78 is 0. The highest BCUT2D eigenvalue weighted by Gasteiger charge is 2.10. The van der Waals surface area contributed by atoms with Crippen LogP contribution >= 0.6 is 11.3 Å². The molecule has 0 aliphatic carbocycles. The smallest absolute Gasteiger partial charge is 0.261 e. The van der Waals surface area contributed by atoms with Crippen molar-refractivity contribution in [1.82, 2.24) is 15.0 Å². The lowest BCUT2D eigenvalue weighted by molar-refractivity contribution is -0.384. The number of nitro groups is 1. The first-order valence-electron chi connectivity index (χ1n) is 6.78. The summed E-state index contributed by atoms with van der Waals surface area (Å²) in [5.74, 6) is 0. The van der Waals surface area contributed by atoms with E-state index in [-0.39, 0.29) is 5.69 Å². The molecule has 0 radical (unpaired) electrons. The molecule has 0 N–H and O–H groups in total. The van der Waals surface area contributed by atoms with Gasteiger partial charge < -0.3 is 0 Å². The lowest BCUT2D eigenvalue weighted by Gasteiger charge is -1.98. The number of thiazole rings is 1. The average molecular weight is 324 g/mol. The topological polar surface area (TPSA) is 81.8 Å². The maximum Gasteiger partial charge on any atom is 0.270 e. The molecule has 114 valence electrons. The zero-order valence-electron chi connectivity index (χ0n) is 12.2. The van der Waals surface area contributed by atoms with Crippen molar-refractivity contribution >= 4 is 28.7 Å². The molecule has 0 amide bonds. The van der Waals surface area contributed by atoms with Gasteiger partial charge in [0.25, 0.3) is 5.69 Å². The summed E-state index contributed by atoms with van der Waals surface area (Å²) in [6, 6.07) is 6.47. The van der Waals surface area contributed by atoms with Gasteiger partial charge in [-0.25, -0.2) is 4.98 Å². The number of rotatable bonds is 4. The summed E-state index contributed by atoms with van der Waals surface area (Å²) in [6.45, 7) is 1.94. The van der Waals surface area contributed by atoms with E-state index in [0.29, 0.717) is 0 Å². The molecule has 2 aromatic heterocycles. The van der Waals surface area contributed by atoms with Gasteiger partial charge in [-0.2, -0.15) is 0 Å². The summed E-state index contributed by atoms with van der Waals surface area (Å²) >= 11 is 1.45. The third kappa shape index (κ3) is 3.46. The van der Waals surface area contributed by atoms with E-state index in [1.165, 1.54) is 23.5 Å². The van der Waals surface area contributed by atoms with Crippen LogP contribution in [0.3, 0.4) is 0 Å². The van der Waals surface area contributed by atoms with Crippen molar-refractivity contribution < 1.29 is 4.92 Å². The van der Waals surface area contributed by atoms with E-state index in [0.717, 1.165) is 27.5 Å². The predicted molar refractivity (Wildman–Crippen MR) is 89.8 cm³/mol. The largest absolute Gasteiger partial charge is 0.270 e. The third-order valence-electron chi connectivity index (χ3n) is 3.16. The monoisotopic (exact) mass is 324 g/mol. The van der Waals surface area contributed by atoms with Crippen molar-refractivity contribution in [3.05, 3.63) is 69.7 Å². The van der Waals surface area contributed by atoms with Crippen LogP contribution in [0.25, 0.3) is 22.2 Å². The molecule has 0 fully saturated rings. The minimum atomic E-state index is -0.407. The van der Waals surface area contributed by atoms with E-state index in [4.69, 9.17) is 0 Å². The fourth-order valence-electron chi connectivity index (χ4n) is 2.04. The SMILES string of the molecule is C/C(=C\c1csc(-c2cccc([N+](=O)[O-])c2)n1)c1cnccn1. The Bertz CT molecular complexity index is 875. The molecule has 7 heteroatoms. The fraction of sp³-hybridized carbons (Fsp3) is 0.0625. The number of hydrogen-bond donors (Lipinski definition) is 0. The molecule has 3 rings (SSSR count). The Morgan fingerprint density at radius 1 is 1.35 bits per heavy atom. The highest BCUT2D eigenvalue weighted by molar-refractivity contribution is 7.13. The quantitative estimate of drug-likeness (QED) is 0.533. The fourth-order valence-corrected chi connectivity index (χ4v) is 2.81. The Morgan fingerprint density at radius 3 is 2.96 bits per heavy atom. The van der Waals surface area contributed by atoms with Crippen molar-refractivity contribution in [2.24, 2.45) is 0 Å². The lowest BCUT2D eigenvalue weighted by atomic mass is 10.2. The summed E-state index contributed by atoms with van der Waals surface area (Å²) in [5, 5.41) is 13.5. The molecular weight excluding hydrogens is 312 g/mol. The first-order chi connectivity index (χ1) is 11.1. The minimum absolute atomic E-state index is 0.0607. The molecule has 0 atom stereocenters. The molecule has 2 heterocycles. The van der Waals surface area contributed by atoms with Crippen molar-refractivity contribution in [2.75, 3.05) is 0 Å². The second kappa shape index (κ2) is 6.45. The molecule has 0 bridgehead atoms. The number of non-ortho nitro benzene ring substituents is 1. The van der Waals surface area contributed by atoms with Crippen LogP contribution in [-0.2, 0) is 0 Å². The first-order valence-corrected chi connectivity index (χ1v) is 7.66. The molecule has 0 unspecified atom stereocenters. The van der Waals surface area contributed by atoms with Crippen molar-refractivity contribution in [3.8, 4) is 10.6 Å². The second-order valence-corrected chi connectivity index (χ2v) is 5.66. The van der Waals surface area contributed by atoms with Crippen LogP contribution in [0.1, 0.15) is 18.3 Å². The van der Waals surface area contributed by atoms with E-state index in [2.05, 4.69) is 15.0 Å². The predicted octanol–water partition coefficient (Wildman–Crippen LogP) is 4.07. The van der Waals surface area contributed by atoms with Crippen LogP contribution in [0, 0.1) is 10.1 Å². The lowest BCUT2D eigenvalue weighted by Crippen LogP contribution is -1.88. The van der Waals surface area contributed by atoms with Gasteiger partial charge in [0.15, 0.2) is 0 Å². The molecular formula is C16H12N4O2S. The average Bonchev–Trinajstić information content (AvgIpc) is 3.04. The molecule has 0 saturated carbocycles. The normalized spacial score (nSPS) is 11.4. The van der Waals surface area contributed by atoms with Gasteiger partial charge in [-0.05, 0) is 18.6 Å². The number of nitro benzene ring substituents is 1. The van der Waals surface area contributed by atoms with E-state index < -0.39 is 4.92 Å². The van der Waals surface area contributed by atoms with Crippen molar-refractivity contribution in [3.63, 3.8) is 0 Å². The maximum atomic E-state index is 10.9. The van der Waals surface area contributed by atoms with Gasteiger partial charge in [0.2, 0.25) is 0 Å². The highest BCUT2D eigenvalue weighted by atomic mass is 32.1. The van der Waals surface area contributed by atoms with Crippen LogP contribution < -0.4 is 0 Å². The second-order valence-electron chi connectivity index (χ2n) is 4.80. The number of allylic oxidation sites excluding steroid dienone is 1.